The van der Waals surface area contributed by atoms with Crippen molar-refractivity contribution in [1.29, 1.82) is 5.26 Å². The van der Waals surface area contributed by atoms with Crippen molar-refractivity contribution in [3.8, 4) is 62.0 Å². The van der Waals surface area contributed by atoms with Crippen LogP contribution in [0.3, 0.4) is 0 Å². The van der Waals surface area contributed by atoms with E-state index >= 15 is 0 Å². The monoisotopic (exact) mass is 738 g/mol. The van der Waals surface area contributed by atoms with Gasteiger partial charge in [0.25, 0.3) is 0 Å². The molecule has 3 aromatic heterocycles. The second-order valence-electron chi connectivity index (χ2n) is 14.7. The van der Waals surface area contributed by atoms with E-state index in [0.29, 0.717) is 5.56 Å². The van der Waals surface area contributed by atoms with Gasteiger partial charge in [0.05, 0.1) is 45.1 Å². The zero-order valence-electron chi connectivity index (χ0n) is 31.4. The van der Waals surface area contributed by atoms with Gasteiger partial charge in [-0.15, -0.1) is 0 Å². The zero-order chi connectivity index (χ0) is 38.6. The smallest absolute Gasteiger partial charge is 0.0991 e. The van der Waals surface area contributed by atoms with Crippen LogP contribution in [0.25, 0.3) is 99.5 Å². The Morgan fingerprint density at radius 1 is 0.345 bits per heavy atom. The summed E-state index contributed by atoms with van der Waals surface area (Å²) in [7, 11) is 0. The summed E-state index contributed by atoms with van der Waals surface area (Å²) in [4.78, 5) is 4.40. The number of nitrogens with zero attached hydrogens (tertiary/aromatic N) is 4. The lowest BCUT2D eigenvalue weighted by atomic mass is 9.92. The van der Waals surface area contributed by atoms with Crippen LogP contribution in [-0.2, 0) is 0 Å². The van der Waals surface area contributed by atoms with Gasteiger partial charge in [0, 0.05) is 33.9 Å². The van der Waals surface area contributed by atoms with E-state index in [1.54, 1.807) is 0 Å². The molecule has 4 heteroatoms. The van der Waals surface area contributed by atoms with Crippen molar-refractivity contribution in [1.82, 2.24) is 14.1 Å². The number of hydrogen-bond donors (Lipinski definition) is 0. The van der Waals surface area contributed by atoms with Gasteiger partial charge in [-0.3, -0.25) is 4.98 Å². The molecule has 0 aliphatic rings. The molecule has 0 radical (unpaired) electrons. The molecule has 0 fully saturated rings. The number of nitriles is 1. The number of para-hydroxylation sites is 2. The van der Waals surface area contributed by atoms with E-state index in [9.17, 15) is 5.26 Å². The summed E-state index contributed by atoms with van der Waals surface area (Å²) in [5.41, 5.74) is 16.1. The van der Waals surface area contributed by atoms with Gasteiger partial charge < -0.3 is 9.13 Å². The lowest BCUT2D eigenvalue weighted by Crippen LogP contribution is -2.05. The Hall–Kier alpha value is -8.00. The molecule has 8 aromatic carbocycles. The van der Waals surface area contributed by atoms with Crippen LogP contribution in [0.1, 0.15) is 5.56 Å². The van der Waals surface area contributed by atoms with Crippen molar-refractivity contribution in [2.45, 2.75) is 0 Å². The lowest BCUT2D eigenvalue weighted by Gasteiger charge is -2.22. The van der Waals surface area contributed by atoms with Crippen LogP contribution < -0.4 is 0 Å². The van der Waals surface area contributed by atoms with E-state index in [1.165, 1.54) is 32.7 Å². The first-order valence-electron chi connectivity index (χ1n) is 19.5. The van der Waals surface area contributed by atoms with Crippen molar-refractivity contribution >= 4 is 43.6 Å². The summed E-state index contributed by atoms with van der Waals surface area (Å²) in [6.07, 6.45) is 3.71. The minimum atomic E-state index is 0.626. The van der Waals surface area contributed by atoms with Gasteiger partial charge in [-0.1, -0.05) is 133 Å². The molecule has 0 unspecified atom stereocenters. The van der Waals surface area contributed by atoms with Crippen LogP contribution >= 0.6 is 0 Å². The van der Waals surface area contributed by atoms with E-state index in [0.717, 1.165) is 66.8 Å². The van der Waals surface area contributed by atoms with Gasteiger partial charge >= 0.3 is 0 Å². The number of benzene rings is 8. The molecule has 58 heavy (non-hydrogen) atoms. The average molecular weight is 739 g/mol. The Bertz CT molecular complexity index is 3370. The Balaban J connectivity index is 1.32. The molecule has 0 saturated heterocycles. The van der Waals surface area contributed by atoms with Gasteiger partial charge in [-0.05, 0) is 105 Å². The van der Waals surface area contributed by atoms with Gasteiger partial charge in [0.1, 0.15) is 0 Å². The summed E-state index contributed by atoms with van der Waals surface area (Å²) >= 11 is 0. The van der Waals surface area contributed by atoms with E-state index in [2.05, 4.69) is 202 Å². The summed E-state index contributed by atoms with van der Waals surface area (Å²) in [6.45, 7) is 0. The van der Waals surface area contributed by atoms with Crippen LogP contribution in [0.2, 0.25) is 0 Å². The fourth-order valence-electron chi connectivity index (χ4n) is 8.75. The molecule has 0 spiro atoms. The fourth-order valence-corrected chi connectivity index (χ4v) is 8.75. The third-order valence-electron chi connectivity index (χ3n) is 11.5. The summed E-state index contributed by atoms with van der Waals surface area (Å²) in [6, 6.07) is 71.5. The van der Waals surface area contributed by atoms with Gasteiger partial charge in [-0.25, -0.2) is 0 Å². The molecule has 0 aliphatic carbocycles. The van der Waals surface area contributed by atoms with Gasteiger partial charge in [0.15, 0.2) is 0 Å². The topological polar surface area (TPSA) is 46.5 Å². The fraction of sp³-hybridized carbons (Fsp3) is 0. The molecule has 0 atom stereocenters. The molecule has 4 nitrogen and oxygen atoms in total. The van der Waals surface area contributed by atoms with Crippen LogP contribution in [0.5, 0.6) is 0 Å². The van der Waals surface area contributed by atoms with Crippen molar-refractivity contribution in [3.63, 3.8) is 0 Å². The minimum absolute atomic E-state index is 0.626. The van der Waals surface area contributed by atoms with Crippen LogP contribution in [0, 0.1) is 11.3 Å². The number of rotatable bonds is 6. The van der Waals surface area contributed by atoms with Crippen molar-refractivity contribution in [3.05, 3.63) is 212 Å². The third-order valence-corrected chi connectivity index (χ3v) is 11.5. The molecule has 0 aliphatic heterocycles. The maximum absolute atomic E-state index is 9.75. The summed E-state index contributed by atoms with van der Waals surface area (Å²) in [5, 5.41) is 14.5. The highest BCUT2D eigenvalue weighted by atomic mass is 15.1. The van der Waals surface area contributed by atoms with E-state index < -0.39 is 0 Å². The number of fused-ring (bicyclic) bond motifs is 6. The Morgan fingerprint density at radius 2 is 0.759 bits per heavy atom. The van der Waals surface area contributed by atoms with Crippen molar-refractivity contribution in [2.24, 2.45) is 0 Å². The molecule has 11 rings (SSSR count). The molecule has 0 amide bonds. The molecular weight excluding hydrogens is 705 g/mol. The molecule has 0 saturated carbocycles. The van der Waals surface area contributed by atoms with Crippen LogP contribution in [-0.4, -0.2) is 14.1 Å². The van der Waals surface area contributed by atoms with Gasteiger partial charge in [-0.2, -0.15) is 5.26 Å². The summed E-state index contributed by atoms with van der Waals surface area (Å²) < 4.78 is 4.92. The second kappa shape index (κ2) is 13.6. The van der Waals surface area contributed by atoms with Crippen molar-refractivity contribution in [2.75, 3.05) is 0 Å². The summed E-state index contributed by atoms with van der Waals surface area (Å²) in [5.74, 6) is 0. The van der Waals surface area contributed by atoms with Crippen LogP contribution in [0.4, 0.5) is 0 Å². The van der Waals surface area contributed by atoms with Crippen LogP contribution in [0.15, 0.2) is 207 Å². The Kier molecular flexibility index (Phi) is 7.84. The first-order valence-corrected chi connectivity index (χ1v) is 19.5. The zero-order valence-corrected chi connectivity index (χ0v) is 31.4. The van der Waals surface area contributed by atoms with E-state index in [-0.39, 0.29) is 0 Å². The number of pyridine rings is 1. The highest BCUT2D eigenvalue weighted by Gasteiger charge is 2.23. The Labute approximate surface area is 335 Å². The number of aromatic nitrogens is 3. The van der Waals surface area contributed by atoms with Gasteiger partial charge in [0.2, 0.25) is 0 Å². The first kappa shape index (κ1) is 33.3. The van der Waals surface area contributed by atoms with E-state index in [4.69, 9.17) is 0 Å². The quantitative estimate of drug-likeness (QED) is 0.170. The van der Waals surface area contributed by atoms with E-state index in [1.807, 2.05) is 24.5 Å². The molecule has 3 heterocycles. The average Bonchev–Trinajstić information content (AvgIpc) is 3.81. The SMILES string of the molecule is N#Cc1ccc(-c2cc(-n3c4ccccc4c4ccc(-c5ccccc5)cc43)c(-n3c4ccccc4c4ccc(-c5ccccc5)cc43)cc2-c2ccncc2)cc1. The normalized spacial score (nSPS) is 11.4. The predicted octanol–water partition coefficient (Wildman–Crippen LogP) is 13.8. The molecule has 0 N–H and O–H groups in total. The molecular formula is C54H34N4. The first-order chi connectivity index (χ1) is 28.7. The lowest BCUT2D eigenvalue weighted by molar-refractivity contribution is 1.10. The minimum Gasteiger partial charge on any atom is -0.307 e. The molecule has 270 valence electrons. The Morgan fingerprint density at radius 3 is 1.24 bits per heavy atom. The second-order valence-corrected chi connectivity index (χ2v) is 14.7. The molecule has 0 bridgehead atoms. The standard InChI is InChI=1S/C54H34N4/c55-35-36-19-21-39(22-20-36)47-33-53(57-49-17-9-7-15-43(49)45-25-23-41(31-51(45)57)37-11-3-1-4-12-37)54(34-48(47)40-27-29-56-30-28-40)58-50-18-10-8-16-44(50)46-26-24-42(32-52(46)58)38-13-5-2-6-14-38/h1-34H. The third kappa shape index (κ3) is 5.41. The maximum Gasteiger partial charge on any atom is 0.0991 e. The highest BCUT2D eigenvalue weighted by Crippen LogP contribution is 2.44. The molecule has 11 aromatic rings. The number of hydrogen-bond acceptors (Lipinski definition) is 2. The maximum atomic E-state index is 9.75. The predicted molar refractivity (Wildman–Crippen MR) is 239 cm³/mol. The highest BCUT2D eigenvalue weighted by molar-refractivity contribution is 6.13. The van der Waals surface area contributed by atoms with Crippen molar-refractivity contribution < 1.29 is 0 Å². The largest absolute Gasteiger partial charge is 0.307 e.